The highest BCUT2D eigenvalue weighted by Crippen LogP contribution is 2.35. The van der Waals surface area contributed by atoms with Crippen molar-refractivity contribution < 1.29 is 13.5 Å². The highest BCUT2D eigenvalue weighted by atomic mass is 19.1. The maximum Gasteiger partial charge on any atom is 0.137 e. The number of halogens is 2. The predicted octanol–water partition coefficient (Wildman–Crippen LogP) is 1.61. The van der Waals surface area contributed by atoms with Gasteiger partial charge in [-0.1, -0.05) is 6.07 Å². The first-order chi connectivity index (χ1) is 8.25. The van der Waals surface area contributed by atoms with Gasteiger partial charge in [-0.25, -0.2) is 13.8 Å². The van der Waals surface area contributed by atoms with Crippen molar-refractivity contribution >= 4 is 0 Å². The van der Waals surface area contributed by atoms with Gasteiger partial charge in [0.05, 0.1) is 18.6 Å². The standard InChI is InChI=1S/C11H9F2N3O/c12-6-1-2-7(8(13)3-6)10(9-4-17-9)11-14-5-15-16-11/h1-3,5,9-10H,4H2,(H,14,15,16). The number of aromatic amines is 1. The number of H-pyrrole nitrogens is 1. The van der Waals surface area contributed by atoms with Crippen LogP contribution in [0.2, 0.25) is 0 Å². The Morgan fingerprint density at radius 2 is 2.24 bits per heavy atom. The molecule has 17 heavy (non-hydrogen) atoms. The van der Waals surface area contributed by atoms with E-state index in [-0.39, 0.29) is 12.0 Å². The second kappa shape index (κ2) is 3.89. The van der Waals surface area contributed by atoms with Crippen LogP contribution in [0.4, 0.5) is 8.78 Å². The minimum atomic E-state index is -0.598. The number of ether oxygens (including phenoxy) is 1. The molecule has 6 heteroatoms. The first kappa shape index (κ1) is 10.3. The van der Waals surface area contributed by atoms with Crippen LogP contribution >= 0.6 is 0 Å². The second-order valence-electron chi connectivity index (χ2n) is 3.89. The van der Waals surface area contributed by atoms with Crippen LogP contribution in [0.1, 0.15) is 17.3 Å². The Bertz CT molecular complexity index is 526. The van der Waals surface area contributed by atoms with Crippen molar-refractivity contribution in [2.75, 3.05) is 6.61 Å². The minimum Gasteiger partial charge on any atom is -0.372 e. The average molecular weight is 237 g/mol. The molecular formula is C11H9F2N3O. The zero-order chi connectivity index (χ0) is 11.8. The fraction of sp³-hybridized carbons (Fsp3) is 0.273. The first-order valence-corrected chi connectivity index (χ1v) is 5.17. The molecule has 2 aromatic rings. The normalized spacial score (nSPS) is 20.2. The van der Waals surface area contributed by atoms with Crippen molar-refractivity contribution in [3.8, 4) is 0 Å². The van der Waals surface area contributed by atoms with E-state index in [0.717, 1.165) is 6.07 Å². The van der Waals surface area contributed by atoms with Gasteiger partial charge in [-0.05, 0) is 6.07 Å². The predicted molar refractivity (Wildman–Crippen MR) is 54.3 cm³/mol. The number of benzene rings is 1. The monoisotopic (exact) mass is 237 g/mol. The summed E-state index contributed by atoms with van der Waals surface area (Å²) < 4.78 is 31.8. The number of aromatic nitrogens is 3. The molecule has 2 atom stereocenters. The molecule has 2 unspecified atom stereocenters. The summed E-state index contributed by atoms with van der Waals surface area (Å²) in [6.45, 7) is 0.544. The van der Waals surface area contributed by atoms with E-state index in [4.69, 9.17) is 4.74 Å². The molecule has 1 aliphatic heterocycles. The van der Waals surface area contributed by atoms with Gasteiger partial charge in [-0.3, -0.25) is 5.10 Å². The molecular weight excluding hydrogens is 228 g/mol. The molecule has 2 heterocycles. The van der Waals surface area contributed by atoms with Crippen molar-refractivity contribution in [3.63, 3.8) is 0 Å². The molecule has 0 spiro atoms. The lowest BCUT2D eigenvalue weighted by Crippen LogP contribution is -2.12. The SMILES string of the molecule is Fc1ccc(C(c2ncn[nH]2)C2CO2)c(F)c1. The Kier molecular flexibility index (Phi) is 2.36. The smallest absolute Gasteiger partial charge is 0.137 e. The number of hydrogen-bond acceptors (Lipinski definition) is 3. The van der Waals surface area contributed by atoms with Crippen LogP contribution in [0.25, 0.3) is 0 Å². The maximum absolute atomic E-state index is 13.7. The Morgan fingerprint density at radius 1 is 1.41 bits per heavy atom. The summed E-state index contributed by atoms with van der Waals surface area (Å²) in [5.74, 6) is -1.03. The number of nitrogens with zero attached hydrogens (tertiary/aromatic N) is 2. The molecule has 1 N–H and O–H groups in total. The molecule has 1 saturated heterocycles. The summed E-state index contributed by atoms with van der Waals surface area (Å²) >= 11 is 0. The Labute approximate surface area is 95.6 Å². The summed E-state index contributed by atoms with van der Waals surface area (Å²) in [5, 5.41) is 6.44. The largest absolute Gasteiger partial charge is 0.372 e. The fourth-order valence-corrected chi connectivity index (χ4v) is 1.89. The Balaban J connectivity index is 2.04. The van der Waals surface area contributed by atoms with Crippen LogP contribution < -0.4 is 0 Å². The number of rotatable bonds is 3. The molecule has 0 saturated carbocycles. The fourth-order valence-electron chi connectivity index (χ4n) is 1.89. The number of hydrogen-bond donors (Lipinski definition) is 1. The van der Waals surface area contributed by atoms with Crippen molar-refractivity contribution in [3.05, 3.63) is 47.5 Å². The Morgan fingerprint density at radius 3 is 2.82 bits per heavy atom. The molecule has 1 aromatic carbocycles. The van der Waals surface area contributed by atoms with Crippen molar-refractivity contribution in [2.45, 2.75) is 12.0 Å². The van der Waals surface area contributed by atoms with E-state index in [1.165, 1.54) is 18.5 Å². The van der Waals surface area contributed by atoms with Gasteiger partial charge in [0, 0.05) is 11.6 Å². The van der Waals surface area contributed by atoms with Gasteiger partial charge in [0.1, 0.15) is 23.8 Å². The molecule has 1 fully saturated rings. The lowest BCUT2D eigenvalue weighted by atomic mass is 9.94. The summed E-state index contributed by atoms with van der Waals surface area (Å²) in [7, 11) is 0. The summed E-state index contributed by atoms with van der Waals surface area (Å²) in [6.07, 6.45) is 1.23. The van der Waals surface area contributed by atoms with E-state index in [9.17, 15) is 8.78 Å². The molecule has 0 radical (unpaired) electrons. The number of nitrogens with one attached hydrogen (secondary N) is 1. The van der Waals surface area contributed by atoms with Gasteiger partial charge < -0.3 is 4.74 Å². The Hall–Kier alpha value is -1.82. The zero-order valence-corrected chi connectivity index (χ0v) is 8.73. The van der Waals surface area contributed by atoms with Crippen LogP contribution in [-0.2, 0) is 4.74 Å². The first-order valence-electron chi connectivity index (χ1n) is 5.17. The van der Waals surface area contributed by atoms with Gasteiger partial charge in [0.2, 0.25) is 0 Å². The van der Waals surface area contributed by atoms with Crippen molar-refractivity contribution in [2.24, 2.45) is 0 Å². The van der Waals surface area contributed by atoms with Crippen molar-refractivity contribution in [1.82, 2.24) is 15.2 Å². The van der Waals surface area contributed by atoms with Gasteiger partial charge in [0.25, 0.3) is 0 Å². The van der Waals surface area contributed by atoms with Crippen LogP contribution in [0, 0.1) is 11.6 Å². The van der Waals surface area contributed by atoms with Crippen LogP contribution in [0.3, 0.4) is 0 Å². The second-order valence-corrected chi connectivity index (χ2v) is 3.89. The molecule has 3 rings (SSSR count). The summed E-state index contributed by atoms with van der Waals surface area (Å²) in [5.41, 5.74) is 0.366. The van der Waals surface area contributed by atoms with Gasteiger partial charge in [0.15, 0.2) is 0 Å². The van der Waals surface area contributed by atoms with Crippen molar-refractivity contribution in [1.29, 1.82) is 0 Å². The zero-order valence-electron chi connectivity index (χ0n) is 8.73. The molecule has 1 aliphatic rings. The molecule has 88 valence electrons. The molecule has 4 nitrogen and oxygen atoms in total. The van der Waals surface area contributed by atoms with E-state index < -0.39 is 11.6 Å². The third-order valence-corrected chi connectivity index (χ3v) is 2.76. The van der Waals surface area contributed by atoms with Gasteiger partial charge in [-0.2, -0.15) is 5.10 Å². The quantitative estimate of drug-likeness (QED) is 0.825. The van der Waals surface area contributed by atoms with E-state index in [1.807, 2.05) is 0 Å². The maximum atomic E-state index is 13.7. The molecule has 1 aromatic heterocycles. The average Bonchev–Trinajstić information content (AvgIpc) is 2.97. The third-order valence-electron chi connectivity index (χ3n) is 2.76. The molecule has 0 amide bonds. The van der Waals surface area contributed by atoms with Gasteiger partial charge in [-0.15, -0.1) is 0 Å². The van der Waals surface area contributed by atoms with E-state index in [1.54, 1.807) is 0 Å². The lowest BCUT2D eigenvalue weighted by molar-refractivity contribution is 0.380. The van der Waals surface area contributed by atoms with Crippen LogP contribution in [-0.4, -0.2) is 27.9 Å². The van der Waals surface area contributed by atoms with E-state index in [0.29, 0.717) is 18.0 Å². The topological polar surface area (TPSA) is 54.1 Å². The van der Waals surface area contributed by atoms with E-state index >= 15 is 0 Å². The van der Waals surface area contributed by atoms with Crippen LogP contribution in [0.15, 0.2) is 24.5 Å². The molecule has 0 bridgehead atoms. The summed E-state index contributed by atoms with van der Waals surface area (Å²) in [4.78, 5) is 4.01. The lowest BCUT2D eigenvalue weighted by Gasteiger charge is -2.12. The van der Waals surface area contributed by atoms with E-state index in [2.05, 4.69) is 15.2 Å². The third kappa shape index (κ3) is 1.91. The van der Waals surface area contributed by atoms with Crippen LogP contribution in [0.5, 0.6) is 0 Å². The highest BCUT2D eigenvalue weighted by molar-refractivity contribution is 5.30. The molecule has 0 aliphatic carbocycles. The summed E-state index contributed by atoms with van der Waals surface area (Å²) in [6, 6.07) is 3.50. The van der Waals surface area contributed by atoms with Gasteiger partial charge >= 0.3 is 0 Å². The minimum absolute atomic E-state index is 0.122. The number of epoxide rings is 1. The highest BCUT2D eigenvalue weighted by Gasteiger charge is 2.38.